The first-order valence-corrected chi connectivity index (χ1v) is 14.4. The van der Waals surface area contributed by atoms with Crippen LogP contribution in [0.5, 0.6) is 5.75 Å². The van der Waals surface area contributed by atoms with Crippen molar-refractivity contribution < 1.29 is 19.1 Å². The summed E-state index contributed by atoms with van der Waals surface area (Å²) in [6.07, 6.45) is 1.79. The number of amides is 1. The number of esters is 1. The number of carbonyl (C=O) groups excluding carboxylic acids is 2. The van der Waals surface area contributed by atoms with Crippen LogP contribution in [0.3, 0.4) is 0 Å². The van der Waals surface area contributed by atoms with Gasteiger partial charge < -0.3 is 14.4 Å². The Bertz CT molecular complexity index is 1700. The first-order valence-electron chi connectivity index (χ1n) is 12.8. The van der Waals surface area contributed by atoms with Crippen molar-refractivity contribution in [1.82, 2.24) is 4.57 Å². The van der Waals surface area contributed by atoms with Gasteiger partial charge in [0.2, 0.25) is 0 Å². The van der Waals surface area contributed by atoms with Crippen molar-refractivity contribution in [3.8, 4) is 5.75 Å². The Morgan fingerprint density at radius 2 is 1.92 bits per heavy atom. The number of para-hydroxylation sites is 1. The van der Waals surface area contributed by atoms with Crippen molar-refractivity contribution in [3.63, 3.8) is 0 Å². The van der Waals surface area contributed by atoms with E-state index in [4.69, 9.17) is 9.47 Å². The van der Waals surface area contributed by atoms with Crippen molar-refractivity contribution in [2.75, 3.05) is 25.2 Å². The minimum Gasteiger partial charge on any atom is -0.496 e. The number of anilines is 1. The van der Waals surface area contributed by atoms with Gasteiger partial charge in [0.15, 0.2) is 4.80 Å². The van der Waals surface area contributed by atoms with Gasteiger partial charge in [0.25, 0.3) is 11.5 Å². The van der Waals surface area contributed by atoms with E-state index in [9.17, 15) is 14.4 Å². The van der Waals surface area contributed by atoms with E-state index in [2.05, 4.69) is 27.8 Å². The fraction of sp³-hybridized carbons (Fsp3) is 0.310. The number of fused-ring (bicyclic) bond motifs is 2. The number of carbonyl (C=O) groups is 2. The number of nitrogens with zero attached hydrogens (tertiary/aromatic N) is 3. The number of ether oxygens (including phenoxy) is 2. The molecule has 0 fully saturated rings. The molecule has 3 aromatic rings. The topological polar surface area (TPSA) is 90.2 Å². The van der Waals surface area contributed by atoms with Crippen molar-refractivity contribution in [3.05, 3.63) is 89.0 Å². The minimum absolute atomic E-state index is 0.183. The predicted molar refractivity (Wildman–Crippen MR) is 154 cm³/mol. The van der Waals surface area contributed by atoms with Crippen LogP contribution in [-0.2, 0) is 14.3 Å². The summed E-state index contributed by atoms with van der Waals surface area (Å²) in [7, 11) is 1.57. The Balaban J connectivity index is 1.79. The number of allylic oxidation sites excluding steroid dienone is 1. The van der Waals surface area contributed by atoms with Gasteiger partial charge in [0.05, 0.1) is 46.8 Å². The molecule has 1 atom stereocenters. The molecule has 2 aromatic carbocycles. The Labute approximate surface area is 238 Å². The lowest BCUT2D eigenvalue weighted by molar-refractivity contribution is -0.139. The number of benzene rings is 2. The summed E-state index contributed by atoms with van der Waals surface area (Å²) in [4.78, 5) is 48.0. The van der Waals surface area contributed by atoms with E-state index >= 15 is 0 Å². The molecule has 1 aromatic heterocycles. The summed E-state index contributed by atoms with van der Waals surface area (Å²) in [6, 6.07) is 12.2. The Morgan fingerprint density at radius 3 is 2.62 bits per heavy atom. The van der Waals surface area contributed by atoms with Gasteiger partial charge in [-0.2, -0.15) is 0 Å². The second kappa shape index (κ2) is 10.9. The number of unbranched alkanes of at least 4 members (excludes halogenated alkanes) is 1. The first kappa shape index (κ1) is 27.1. The maximum atomic E-state index is 14.2. The third-order valence-corrected chi connectivity index (χ3v) is 8.54. The number of thiazole rings is 1. The molecule has 0 saturated heterocycles. The lowest BCUT2D eigenvalue weighted by atomic mass is 9.96. The van der Waals surface area contributed by atoms with E-state index in [-0.39, 0.29) is 23.6 Å². The van der Waals surface area contributed by atoms with Gasteiger partial charge in [-0.1, -0.05) is 48.9 Å². The molecule has 0 aliphatic carbocycles. The van der Waals surface area contributed by atoms with Crippen molar-refractivity contribution in [2.24, 2.45) is 4.99 Å². The highest BCUT2D eigenvalue weighted by Gasteiger charge is 2.37. The van der Waals surface area contributed by atoms with Gasteiger partial charge in [0.1, 0.15) is 10.3 Å². The third-order valence-electron chi connectivity index (χ3n) is 6.87. The number of rotatable bonds is 7. The van der Waals surface area contributed by atoms with Crippen molar-refractivity contribution in [1.29, 1.82) is 0 Å². The zero-order valence-electron chi connectivity index (χ0n) is 22.1. The Morgan fingerprint density at radius 1 is 1.15 bits per heavy atom. The summed E-state index contributed by atoms with van der Waals surface area (Å²) in [5.41, 5.74) is 2.95. The molecule has 39 heavy (non-hydrogen) atoms. The van der Waals surface area contributed by atoms with Crippen molar-refractivity contribution >= 4 is 50.4 Å². The molecule has 0 radical (unpaired) electrons. The van der Waals surface area contributed by atoms with E-state index in [0.717, 1.165) is 24.1 Å². The fourth-order valence-corrected chi connectivity index (χ4v) is 6.74. The monoisotopic (exact) mass is 609 g/mol. The van der Waals surface area contributed by atoms with Gasteiger partial charge in [-0.3, -0.25) is 14.2 Å². The van der Waals surface area contributed by atoms with Crippen LogP contribution in [0.15, 0.2) is 68.0 Å². The SMILES string of the molecule is CCCCN1C(=O)/C(=c2/sc3n(c2=O)[C@@H](c2ccc(OC)c(Br)c2)C(C(=O)OCC)=C(C)N=3)c2ccccc21. The molecule has 2 aliphatic rings. The summed E-state index contributed by atoms with van der Waals surface area (Å²) in [5, 5.41) is 0. The predicted octanol–water partition coefficient (Wildman–Crippen LogP) is 4.09. The van der Waals surface area contributed by atoms with E-state index in [1.54, 1.807) is 31.9 Å². The maximum Gasteiger partial charge on any atom is 0.338 e. The van der Waals surface area contributed by atoms with Gasteiger partial charge in [0, 0.05) is 12.1 Å². The van der Waals surface area contributed by atoms with Crippen LogP contribution >= 0.6 is 27.3 Å². The zero-order chi connectivity index (χ0) is 27.8. The molecule has 10 heteroatoms. The van der Waals surface area contributed by atoms with Crippen LogP contribution in [0.1, 0.15) is 50.8 Å². The first-order chi connectivity index (χ1) is 18.8. The third kappa shape index (κ3) is 4.55. The molecule has 0 N–H and O–H groups in total. The molecular formula is C29H28BrN3O5S. The van der Waals surface area contributed by atoms with Crippen LogP contribution in [0.2, 0.25) is 0 Å². The molecular weight excluding hydrogens is 582 g/mol. The summed E-state index contributed by atoms with van der Waals surface area (Å²) >= 11 is 4.70. The molecule has 1 amide bonds. The lowest BCUT2D eigenvalue weighted by Gasteiger charge is -2.25. The fourth-order valence-electron chi connectivity index (χ4n) is 5.05. The molecule has 0 saturated carbocycles. The van der Waals surface area contributed by atoms with E-state index in [0.29, 0.717) is 42.9 Å². The molecule has 8 nitrogen and oxygen atoms in total. The highest BCUT2D eigenvalue weighted by Crippen LogP contribution is 2.37. The van der Waals surface area contributed by atoms with Crippen LogP contribution in [-0.4, -0.2) is 36.7 Å². The number of hydrogen-bond acceptors (Lipinski definition) is 7. The summed E-state index contributed by atoms with van der Waals surface area (Å²) in [6.45, 7) is 6.30. The number of halogens is 1. The normalized spacial score (nSPS) is 17.6. The molecule has 0 unspecified atom stereocenters. The Hall–Kier alpha value is -3.50. The molecule has 0 spiro atoms. The van der Waals surface area contributed by atoms with Crippen LogP contribution in [0.4, 0.5) is 5.69 Å². The highest BCUT2D eigenvalue weighted by molar-refractivity contribution is 9.10. The highest BCUT2D eigenvalue weighted by atomic mass is 79.9. The minimum atomic E-state index is -0.792. The van der Waals surface area contributed by atoms with Gasteiger partial charge >= 0.3 is 5.97 Å². The zero-order valence-corrected chi connectivity index (χ0v) is 24.5. The lowest BCUT2D eigenvalue weighted by Crippen LogP contribution is -2.41. The largest absolute Gasteiger partial charge is 0.496 e. The van der Waals surface area contributed by atoms with Crippen LogP contribution < -0.4 is 24.5 Å². The number of aromatic nitrogens is 1. The van der Waals surface area contributed by atoms with E-state index in [1.165, 1.54) is 15.9 Å². The maximum absolute atomic E-state index is 14.2. The molecule has 0 bridgehead atoms. The van der Waals surface area contributed by atoms with E-state index in [1.807, 2.05) is 36.4 Å². The van der Waals surface area contributed by atoms with E-state index < -0.39 is 12.0 Å². The molecule has 5 rings (SSSR count). The Kier molecular flexibility index (Phi) is 7.59. The van der Waals surface area contributed by atoms with Gasteiger partial charge in [-0.15, -0.1) is 0 Å². The smallest absolute Gasteiger partial charge is 0.338 e. The summed E-state index contributed by atoms with van der Waals surface area (Å²) < 4.78 is 13.3. The summed E-state index contributed by atoms with van der Waals surface area (Å²) in [5.74, 6) is -0.117. The van der Waals surface area contributed by atoms with Crippen LogP contribution in [0.25, 0.3) is 5.57 Å². The second-order valence-electron chi connectivity index (χ2n) is 9.22. The van der Waals surface area contributed by atoms with Crippen LogP contribution in [0, 0.1) is 0 Å². The molecule has 2 aliphatic heterocycles. The number of hydrogen-bond donors (Lipinski definition) is 0. The molecule has 3 heterocycles. The van der Waals surface area contributed by atoms with Gasteiger partial charge in [-0.25, -0.2) is 9.79 Å². The average molecular weight is 611 g/mol. The quantitative estimate of drug-likeness (QED) is 0.376. The van der Waals surface area contributed by atoms with Crippen molar-refractivity contribution in [2.45, 2.75) is 39.7 Å². The standard InChI is InChI=1S/C29H28BrN3O5S/c1-5-7-14-32-20-11-9-8-10-18(20)23(26(32)34)25-27(35)33-24(17-12-13-21(37-4)19(30)15-17)22(28(36)38-6-2)16(3)31-29(33)39-25/h8-13,15,24H,5-7,14H2,1-4H3/b25-23+/t24-/m0/s1. The van der Waals surface area contributed by atoms with Gasteiger partial charge in [-0.05, 0) is 60.0 Å². The second-order valence-corrected chi connectivity index (χ2v) is 11.1. The molecule has 202 valence electrons. The number of methoxy groups -OCH3 is 1. The average Bonchev–Trinajstić information content (AvgIpc) is 3.38.